The zero-order chi connectivity index (χ0) is 22.2. The number of ketones is 1. The third-order valence-corrected chi connectivity index (χ3v) is 6.11. The molecule has 4 heteroatoms. The third-order valence-electron chi connectivity index (χ3n) is 6.11. The van der Waals surface area contributed by atoms with Crippen molar-refractivity contribution in [2.24, 2.45) is 5.41 Å². The molecule has 0 aliphatic heterocycles. The number of carbonyl (C=O) groups is 2. The summed E-state index contributed by atoms with van der Waals surface area (Å²) in [7, 11) is 0. The van der Waals surface area contributed by atoms with E-state index in [-0.39, 0.29) is 17.0 Å². The van der Waals surface area contributed by atoms with E-state index in [1.54, 1.807) is 0 Å². The quantitative estimate of drug-likeness (QED) is 0.169. The van der Waals surface area contributed by atoms with Crippen molar-refractivity contribution in [2.75, 3.05) is 13.2 Å². The lowest BCUT2D eigenvalue weighted by Gasteiger charge is -2.23. The minimum Gasteiger partial charge on any atom is -0.463 e. The largest absolute Gasteiger partial charge is 0.463 e. The second-order valence-electron chi connectivity index (χ2n) is 9.52. The molecule has 0 aliphatic rings. The van der Waals surface area contributed by atoms with Gasteiger partial charge in [-0.1, -0.05) is 72.6 Å². The molecule has 0 radical (unpaired) electrons. The fourth-order valence-corrected chi connectivity index (χ4v) is 2.98. The van der Waals surface area contributed by atoms with Crippen LogP contribution in [0.2, 0.25) is 0 Å². The molecule has 172 valence electrons. The summed E-state index contributed by atoms with van der Waals surface area (Å²) in [5.41, 5.74) is -0.290. The van der Waals surface area contributed by atoms with Crippen LogP contribution in [-0.4, -0.2) is 30.6 Å². The van der Waals surface area contributed by atoms with Gasteiger partial charge in [-0.05, 0) is 39.5 Å². The Bertz CT molecular complexity index is 440. The first-order valence-corrected chi connectivity index (χ1v) is 12.0. The van der Waals surface area contributed by atoms with Crippen LogP contribution in [0.25, 0.3) is 0 Å². The van der Waals surface area contributed by atoms with Gasteiger partial charge in [0.1, 0.15) is 12.4 Å². The van der Waals surface area contributed by atoms with Gasteiger partial charge in [-0.2, -0.15) is 0 Å². The van der Waals surface area contributed by atoms with E-state index in [1.807, 2.05) is 13.8 Å². The van der Waals surface area contributed by atoms with Crippen LogP contribution in [0.4, 0.5) is 0 Å². The number of Topliss-reactive ketones (excluding diaryl/α,β-unsaturated/α-hetero) is 1. The van der Waals surface area contributed by atoms with Gasteiger partial charge in [0.25, 0.3) is 0 Å². The molecule has 0 heterocycles. The monoisotopic (exact) mass is 412 g/mol. The van der Waals surface area contributed by atoms with Crippen molar-refractivity contribution in [2.45, 2.75) is 131 Å². The summed E-state index contributed by atoms with van der Waals surface area (Å²) in [6.07, 6.45) is 13.5. The molecule has 0 bridgehead atoms. The van der Waals surface area contributed by atoms with Crippen molar-refractivity contribution in [1.29, 1.82) is 0 Å². The Hall–Kier alpha value is -0.900. The highest BCUT2D eigenvalue weighted by Gasteiger charge is 2.23. The van der Waals surface area contributed by atoms with Crippen molar-refractivity contribution in [1.82, 2.24) is 0 Å². The summed E-state index contributed by atoms with van der Waals surface area (Å²) in [6, 6.07) is 0. The fraction of sp³-hybridized carbons (Fsp3) is 0.920. The normalized spacial score (nSPS) is 12.2. The van der Waals surface area contributed by atoms with E-state index in [4.69, 9.17) is 9.47 Å². The average molecular weight is 413 g/mol. The van der Waals surface area contributed by atoms with Crippen molar-refractivity contribution >= 4 is 11.8 Å². The Kier molecular flexibility index (Phi) is 15.4. The zero-order valence-electron chi connectivity index (χ0n) is 20.2. The Morgan fingerprint density at radius 2 is 1.14 bits per heavy atom. The second-order valence-corrected chi connectivity index (χ2v) is 9.52. The van der Waals surface area contributed by atoms with Gasteiger partial charge in [0.2, 0.25) is 0 Å². The molecule has 0 rings (SSSR count). The third kappa shape index (κ3) is 15.6. The Balaban J connectivity index is 3.41. The van der Waals surface area contributed by atoms with Crippen LogP contribution in [0.3, 0.4) is 0 Å². The van der Waals surface area contributed by atoms with Crippen molar-refractivity contribution in [3.8, 4) is 0 Å². The molecule has 0 aromatic rings. The lowest BCUT2D eigenvalue weighted by molar-refractivity contribution is -0.147. The van der Waals surface area contributed by atoms with Crippen LogP contribution in [0.1, 0.15) is 125 Å². The minimum absolute atomic E-state index is 0.108. The molecule has 0 saturated carbocycles. The predicted molar refractivity (Wildman–Crippen MR) is 121 cm³/mol. The van der Waals surface area contributed by atoms with E-state index in [0.717, 1.165) is 44.9 Å². The zero-order valence-corrected chi connectivity index (χ0v) is 20.2. The van der Waals surface area contributed by atoms with Gasteiger partial charge >= 0.3 is 5.97 Å². The van der Waals surface area contributed by atoms with Gasteiger partial charge in [0.05, 0.1) is 12.2 Å². The van der Waals surface area contributed by atoms with Crippen LogP contribution in [0.15, 0.2) is 0 Å². The number of carbonyl (C=O) groups excluding carboxylic acids is 2. The number of rotatable bonds is 19. The lowest BCUT2D eigenvalue weighted by atomic mass is 9.83. The van der Waals surface area contributed by atoms with Crippen LogP contribution < -0.4 is 0 Å². The molecule has 29 heavy (non-hydrogen) atoms. The molecule has 0 aromatic heterocycles. The van der Waals surface area contributed by atoms with E-state index in [1.165, 1.54) is 32.1 Å². The summed E-state index contributed by atoms with van der Waals surface area (Å²) in [5, 5.41) is 0. The van der Waals surface area contributed by atoms with Crippen LogP contribution in [-0.2, 0) is 19.1 Å². The Morgan fingerprint density at radius 1 is 0.655 bits per heavy atom. The summed E-state index contributed by atoms with van der Waals surface area (Å²) in [4.78, 5) is 23.8. The number of unbranched alkanes of at least 4 members (excludes halogenated alkanes) is 8. The van der Waals surface area contributed by atoms with Gasteiger partial charge in [-0.15, -0.1) is 0 Å². The molecule has 0 spiro atoms. The Labute approximate surface area is 180 Å². The minimum atomic E-state index is -0.147. The number of hydrogen-bond acceptors (Lipinski definition) is 4. The molecular weight excluding hydrogens is 364 g/mol. The maximum absolute atomic E-state index is 12.1. The van der Waals surface area contributed by atoms with Crippen molar-refractivity contribution in [3.05, 3.63) is 0 Å². The highest BCUT2D eigenvalue weighted by atomic mass is 16.6. The summed E-state index contributed by atoms with van der Waals surface area (Å²) in [5.74, 6) is 0.305. The first-order chi connectivity index (χ1) is 13.6. The Morgan fingerprint density at radius 3 is 1.62 bits per heavy atom. The van der Waals surface area contributed by atoms with E-state index >= 15 is 0 Å². The first-order valence-electron chi connectivity index (χ1n) is 12.0. The summed E-state index contributed by atoms with van der Waals surface area (Å²) >= 11 is 0. The van der Waals surface area contributed by atoms with Gasteiger partial charge in [-0.3, -0.25) is 9.59 Å². The topological polar surface area (TPSA) is 52.6 Å². The molecule has 0 unspecified atom stereocenters. The highest BCUT2D eigenvalue weighted by Crippen LogP contribution is 2.24. The van der Waals surface area contributed by atoms with Crippen molar-refractivity contribution < 1.29 is 19.1 Å². The molecule has 0 aromatic carbocycles. The van der Waals surface area contributed by atoms with Crippen molar-refractivity contribution in [3.63, 3.8) is 0 Å². The van der Waals surface area contributed by atoms with E-state index in [2.05, 4.69) is 27.7 Å². The summed E-state index contributed by atoms with van der Waals surface area (Å²) < 4.78 is 10.9. The summed E-state index contributed by atoms with van der Waals surface area (Å²) in [6.45, 7) is 13.2. The molecule has 0 aliphatic carbocycles. The van der Waals surface area contributed by atoms with Gasteiger partial charge in [-0.25, -0.2) is 0 Å². The average Bonchev–Trinajstić information content (AvgIpc) is 2.69. The number of ether oxygens (including phenoxy) is 2. The lowest BCUT2D eigenvalue weighted by Crippen LogP contribution is -2.25. The smallest absolute Gasteiger partial charge is 0.305 e. The fourth-order valence-electron chi connectivity index (χ4n) is 2.98. The van der Waals surface area contributed by atoms with Crippen LogP contribution >= 0.6 is 0 Å². The van der Waals surface area contributed by atoms with E-state index in [0.29, 0.717) is 25.4 Å². The second kappa shape index (κ2) is 15.9. The molecule has 4 nitrogen and oxygen atoms in total. The highest BCUT2D eigenvalue weighted by molar-refractivity contribution is 5.83. The van der Waals surface area contributed by atoms with E-state index < -0.39 is 0 Å². The van der Waals surface area contributed by atoms with Gasteiger partial charge < -0.3 is 9.47 Å². The molecule has 0 amide bonds. The SMILES string of the molecule is CCC(C)(C)OCCOC(=O)CCCCCCCCCCCC(=O)C(C)(C)CC. The first kappa shape index (κ1) is 28.1. The van der Waals surface area contributed by atoms with E-state index in [9.17, 15) is 9.59 Å². The molecule has 0 fully saturated rings. The number of esters is 1. The van der Waals surface area contributed by atoms with Gasteiger partial charge in [0, 0.05) is 18.3 Å². The van der Waals surface area contributed by atoms with Gasteiger partial charge in [0.15, 0.2) is 0 Å². The van der Waals surface area contributed by atoms with Crippen LogP contribution in [0, 0.1) is 5.41 Å². The standard InChI is InChI=1S/C25H48O4/c1-7-24(3,4)22(26)18-16-14-12-10-9-11-13-15-17-19-23(27)28-20-21-29-25(5,6)8-2/h7-21H2,1-6H3. The maximum Gasteiger partial charge on any atom is 0.305 e. The van der Waals surface area contributed by atoms with Crippen LogP contribution in [0.5, 0.6) is 0 Å². The molecule has 0 saturated heterocycles. The molecule has 0 N–H and O–H groups in total. The predicted octanol–water partition coefficient (Wildman–Crippen LogP) is 7.03. The molecule has 0 atom stereocenters. The maximum atomic E-state index is 12.1. The molecular formula is C25H48O4. The number of hydrogen-bond donors (Lipinski definition) is 0.